The van der Waals surface area contributed by atoms with Crippen molar-refractivity contribution in [3.8, 4) is 5.75 Å². The lowest BCUT2D eigenvalue weighted by atomic mass is 10.1. The fourth-order valence-corrected chi connectivity index (χ4v) is 3.38. The summed E-state index contributed by atoms with van der Waals surface area (Å²) in [5.74, 6) is 0.250. The number of carbonyl (C=O) groups is 2. The number of benzene rings is 1. The van der Waals surface area contributed by atoms with Crippen LogP contribution in [0.15, 0.2) is 24.3 Å². The fourth-order valence-electron chi connectivity index (χ4n) is 3.38. The van der Waals surface area contributed by atoms with E-state index in [1.165, 1.54) is 6.42 Å². The lowest BCUT2D eigenvalue weighted by Crippen LogP contribution is -2.53. The summed E-state index contributed by atoms with van der Waals surface area (Å²) in [4.78, 5) is 30.1. The smallest absolute Gasteiger partial charge is 0.317 e. The normalized spacial score (nSPS) is 18.2. The van der Waals surface area contributed by atoms with Gasteiger partial charge >= 0.3 is 6.03 Å². The number of piperazine rings is 1. The second kappa shape index (κ2) is 8.09. The monoisotopic (exact) mass is 346 g/mol. The summed E-state index contributed by atoms with van der Waals surface area (Å²) in [5, 5.41) is 12.3. The first-order valence-corrected chi connectivity index (χ1v) is 8.98. The number of hydrogen-bond donors (Lipinski definition) is 2. The van der Waals surface area contributed by atoms with Crippen molar-refractivity contribution < 1.29 is 14.7 Å². The molecule has 2 aliphatic heterocycles. The van der Waals surface area contributed by atoms with E-state index in [4.69, 9.17) is 0 Å². The van der Waals surface area contributed by atoms with Gasteiger partial charge in [-0.2, -0.15) is 0 Å². The number of phenolic OH excluding ortho intramolecular Hbond substituents is 1. The molecule has 3 amide bonds. The number of likely N-dealkylation sites (tertiary alicyclic amines) is 1. The predicted octanol–water partition coefficient (Wildman–Crippen LogP) is 1.24. The lowest BCUT2D eigenvalue weighted by Gasteiger charge is -2.36. The number of hydrogen-bond acceptors (Lipinski definition) is 4. The van der Waals surface area contributed by atoms with Gasteiger partial charge in [0.2, 0.25) is 5.91 Å². The number of nitrogens with one attached hydrogen (secondary N) is 1. The van der Waals surface area contributed by atoms with Crippen molar-refractivity contribution in [1.82, 2.24) is 15.1 Å². The summed E-state index contributed by atoms with van der Waals surface area (Å²) < 4.78 is 0. The number of aromatic hydroxyl groups is 1. The minimum Gasteiger partial charge on any atom is -0.508 e. The van der Waals surface area contributed by atoms with Gasteiger partial charge in [-0.05, 0) is 31.4 Å². The van der Waals surface area contributed by atoms with Crippen molar-refractivity contribution in [3.63, 3.8) is 0 Å². The minimum atomic E-state index is -0.180. The van der Waals surface area contributed by atoms with E-state index < -0.39 is 0 Å². The van der Waals surface area contributed by atoms with Crippen molar-refractivity contribution >= 4 is 17.6 Å². The van der Waals surface area contributed by atoms with E-state index >= 15 is 0 Å². The number of phenols is 1. The summed E-state index contributed by atoms with van der Waals surface area (Å²) >= 11 is 0. The molecular formula is C18H26N4O3. The predicted molar refractivity (Wildman–Crippen MR) is 95.7 cm³/mol. The highest BCUT2D eigenvalue weighted by Crippen LogP contribution is 2.21. The maximum absolute atomic E-state index is 12.3. The van der Waals surface area contributed by atoms with Gasteiger partial charge in [0.1, 0.15) is 5.75 Å². The summed E-state index contributed by atoms with van der Waals surface area (Å²) in [6.45, 7) is 4.28. The largest absolute Gasteiger partial charge is 0.508 e. The van der Waals surface area contributed by atoms with Gasteiger partial charge in [-0.25, -0.2) is 4.79 Å². The summed E-state index contributed by atoms with van der Waals surface area (Å²) in [6.07, 6.45) is 3.28. The van der Waals surface area contributed by atoms with Crippen LogP contribution in [-0.2, 0) is 4.79 Å². The Labute approximate surface area is 148 Å². The zero-order valence-corrected chi connectivity index (χ0v) is 14.5. The Morgan fingerprint density at radius 2 is 1.68 bits per heavy atom. The molecule has 2 saturated heterocycles. The maximum atomic E-state index is 12.3. The number of urea groups is 1. The maximum Gasteiger partial charge on any atom is 0.317 e. The average molecular weight is 346 g/mol. The van der Waals surface area contributed by atoms with Crippen LogP contribution in [0.5, 0.6) is 5.75 Å². The Kier molecular flexibility index (Phi) is 5.63. The topological polar surface area (TPSA) is 76.1 Å². The highest BCUT2D eigenvalue weighted by molar-refractivity contribution is 5.84. The molecule has 2 aliphatic rings. The molecule has 2 N–H and O–H groups in total. The number of carbonyl (C=O) groups excluding carboxylic acids is 2. The molecule has 0 saturated carbocycles. The third kappa shape index (κ3) is 4.55. The Hall–Kier alpha value is -2.44. The van der Waals surface area contributed by atoms with Crippen LogP contribution in [0, 0.1) is 0 Å². The van der Waals surface area contributed by atoms with Crippen molar-refractivity contribution in [3.05, 3.63) is 24.3 Å². The second-order valence-corrected chi connectivity index (χ2v) is 6.59. The average Bonchev–Trinajstić information content (AvgIpc) is 2.66. The van der Waals surface area contributed by atoms with Crippen LogP contribution in [-0.4, -0.2) is 72.7 Å². The van der Waals surface area contributed by atoms with Gasteiger partial charge in [0.05, 0.1) is 6.54 Å². The minimum absolute atomic E-state index is 0.00597. The summed E-state index contributed by atoms with van der Waals surface area (Å²) in [5.41, 5.74) is 0.959. The molecule has 0 radical (unpaired) electrons. The van der Waals surface area contributed by atoms with E-state index in [1.807, 2.05) is 17.0 Å². The van der Waals surface area contributed by atoms with Crippen LogP contribution in [0.3, 0.4) is 0 Å². The van der Waals surface area contributed by atoms with Gasteiger partial charge in [-0.1, -0.05) is 6.07 Å². The molecule has 3 rings (SSSR count). The summed E-state index contributed by atoms with van der Waals surface area (Å²) in [7, 11) is 0. The zero-order valence-electron chi connectivity index (χ0n) is 14.5. The van der Waals surface area contributed by atoms with Crippen LogP contribution in [0.25, 0.3) is 0 Å². The van der Waals surface area contributed by atoms with Gasteiger partial charge in [0.25, 0.3) is 0 Å². The van der Waals surface area contributed by atoms with E-state index in [-0.39, 0.29) is 24.2 Å². The molecule has 0 bridgehead atoms. The molecule has 136 valence electrons. The van der Waals surface area contributed by atoms with Crippen LogP contribution in [0.4, 0.5) is 10.5 Å². The number of rotatable bonds is 3. The van der Waals surface area contributed by atoms with Crippen molar-refractivity contribution in [2.75, 3.05) is 50.7 Å². The number of amides is 3. The summed E-state index contributed by atoms with van der Waals surface area (Å²) in [6, 6.07) is 6.96. The second-order valence-electron chi connectivity index (χ2n) is 6.59. The Morgan fingerprint density at radius 3 is 2.36 bits per heavy atom. The van der Waals surface area contributed by atoms with E-state index in [9.17, 15) is 14.7 Å². The van der Waals surface area contributed by atoms with Gasteiger partial charge in [0, 0.05) is 51.0 Å². The molecule has 0 spiro atoms. The molecule has 7 nitrogen and oxygen atoms in total. The third-order valence-electron chi connectivity index (χ3n) is 4.86. The first kappa shape index (κ1) is 17.4. The van der Waals surface area contributed by atoms with Gasteiger partial charge in [-0.3, -0.25) is 4.79 Å². The van der Waals surface area contributed by atoms with E-state index in [0.29, 0.717) is 26.2 Å². The molecule has 0 atom stereocenters. The van der Waals surface area contributed by atoms with Crippen molar-refractivity contribution in [1.29, 1.82) is 0 Å². The molecule has 1 aromatic carbocycles. The standard InChI is InChI=1S/C18H26N4O3/c23-16-6-4-5-15(13-16)20-9-11-22(12-10-20)18(25)19-14-17(24)21-7-2-1-3-8-21/h4-6,13,23H,1-3,7-12,14H2,(H,19,25). The van der Waals surface area contributed by atoms with Gasteiger partial charge in [-0.15, -0.1) is 0 Å². The quantitative estimate of drug-likeness (QED) is 0.863. The lowest BCUT2D eigenvalue weighted by molar-refractivity contribution is -0.130. The molecule has 0 unspecified atom stereocenters. The number of nitrogens with zero attached hydrogens (tertiary/aromatic N) is 3. The van der Waals surface area contributed by atoms with Gasteiger partial charge < -0.3 is 25.1 Å². The van der Waals surface area contributed by atoms with Gasteiger partial charge in [0.15, 0.2) is 0 Å². The molecule has 0 aromatic heterocycles. The SMILES string of the molecule is O=C(CNC(=O)N1CCN(c2cccc(O)c2)CC1)N1CCCCC1. The number of piperidine rings is 1. The first-order valence-electron chi connectivity index (χ1n) is 8.98. The number of anilines is 1. The highest BCUT2D eigenvalue weighted by Gasteiger charge is 2.23. The first-order chi connectivity index (χ1) is 12.1. The molecule has 0 aliphatic carbocycles. The van der Waals surface area contributed by atoms with Crippen molar-refractivity contribution in [2.45, 2.75) is 19.3 Å². The van der Waals surface area contributed by atoms with E-state index in [0.717, 1.165) is 31.6 Å². The van der Waals surface area contributed by atoms with Crippen LogP contribution in [0.1, 0.15) is 19.3 Å². The molecule has 7 heteroatoms. The molecule has 1 aromatic rings. The van der Waals surface area contributed by atoms with Crippen LogP contribution in [0.2, 0.25) is 0 Å². The fraction of sp³-hybridized carbons (Fsp3) is 0.556. The molecule has 2 heterocycles. The molecular weight excluding hydrogens is 320 g/mol. The van der Waals surface area contributed by atoms with Crippen molar-refractivity contribution in [2.24, 2.45) is 0 Å². The van der Waals surface area contributed by atoms with Crippen LogP contribution >= 0.6 is 0 Å². The Bertz CT molecular complexity index is 608. The Balaban J connectivity index is 1.43. The highest BCUT2D eigenvalue weighted by atomic mass is 16.3. The van der Waals surface area contributed by atoms with Crippen LogP contribution < -0.4 is 10.2 Å². The van der Waals surface area contributed by atoms with E-state index in [2.05, 4.69) is 10.2 Å². The molecule has 25 heavy (non-hydrogen) atoms. The molecule has 2 fully saturated rings. The third-order valence-corrected chi connectivity index (χ3v) is 4.86. The zero-order chi connectivity index (χ0) is 17.6. The van der Waals surface area contributed by atoms with E-state index in [1.54, 1.807) is 17.0 Å². The Morgan fingerprint density at radius 1 is 0.960 bits per heavy atom.